The first-order valence-corrected chi connectivity index (χ1v) is 10.1. The van der Waals surface area contributed by atoms with Gasteiger partial charge in [-0.15, -0.1) is 16.4 Å². The first kappa shape index (κ1) is 18.7. The van der Waals surface area contributed by atoms with Crippen molar-refractivity contribution in [1.29, 1.82) is 0 Å². The molecule has 1 saturated heterocycles. The second-order valence-corrected chi connectivity index (χ2v) is 7.54. The van der Waals surface area contributed by atoms with E-state index in [2.05, 4.69) is 37.9 Å². The predicted molar refractivity (Wildman–Crippen MR) is 105 cm³/mol. The van der Waals surface area contributed by atoms with Crippen molar-refractivity contribution in [3.05, 3.63) is 64.1 Å². The van der Waals surface area contributed by atoms with Crippen LogP contribution in [0.1, 0.15) is 22.3 Å². The van der Waals surface area contributed by atoms with E-state index in [1.165, 1.54) is 0 Å². The minimum Gasteiger partial charge on any atom is -0.379 e. The number of carbonyl (C=O) groups is 1. The Morgan fingerprint density at radius 1 is 1.18 bits per heavy atom. The number of aromatic nitrogens is 4. The van der Waals surface area contributed by atoms with Crippen molar-refractivity contribution in [1.82, 2.24) is 30.4 Å². The van der Waals surface area contributed by atoms with Gasteiger partial charge in [0.25, 0.3) is 0 Å². The molecule has 2 aromatic heterocycles. The van der Waals surface area contributed by atoms with Crippen LogP contribution in [0.3, 0.4) is 0 Å². The summed E-state index contributed by atoms with van der Waals surface area (Å²) in [5.41, 5.74) is 1.10. The minimum absolute atomic E-state index is 0.0847. The molecule has 1 N–H and O–H groups in total. The molecular formula is C19H22N6O2S. The molecule has 0 radical (unpaired) electrons. The molecule has 3 heterocycles. The molecule has 1 amide bonds. The van der Waals surface area contributed by atoms with Crippen molar-refractivity contribution in [3.8, 4) is 0 Å². The van der Waals surface area contributed by atoms with Gasteiger partial charge in [-0.2, -0.15) is 0 Å². The Labute approximate surface area is 167 Å². The molecule has 3 aromatic rings. The highest BCUT2D eigenvalue weighted by molar-refractivity contribution is 7.09. The lowest BCUT2D eigenvalue weighted by molar-refractivity contribution is -0.122. The standard InChI is InChI=1S/C19H22N6O2S/c26-17(20-13-16-7-4-12-28-16)14-25-19(21-22-23-25)18(15-5-2-1-3-6-15)24-8-10-27-11-9-24/h1-7,12,18H,8-11,13-14H2,(H,20,26). The predicted octanol–water partition coefficient (Wildman–Crippen LogP) is 1.47. The SMILES string of the molecule is O=C(Cn1nnnc1C(c1ccccc1)N1CCOCC1)NCc1cccs1. The van der Waals surface area contributed by atoms with Gasteiger partial charge in [0.15, 0.2) is 5.82 Å². The van der Waals surface area contributed by atoms with Gasteiger partial charge in [-0.3, -0.25) is 9.69 Å². The Balaban J connectivity index is 1.52. The van der Waals surface area contributed by atoms with E-state index in [1.54, 1.807) is 16.0 Å². The molecule has 1 aliphatic heterocycles. The Hall–Kier alpha value is -2.62. The number of nitrogens with zero attached hydrogens (tertiary/aromatic N) is 5. The van der Waals surface area contributed by atoms with Crippen LogP contribution in [0.4, 0.5) is 0 Å². The highest BCUT2D eigenvalue weighted by Gasteiger charge is 2.29. The topological polar surface area (TPSA) is 85.2 Å². The van der Waals surface area contributed by atoms with E-state index in [0.717, 1.165) is 23.5 Å². The van der Waals surface area contributed by atoms with E-state index in [1.807, 2.05) is 35.7 Å². The van der Waals surface area contributed by atoms with Gasteiger partial charge in [0.1, 0.15) is 6.54 Å². The van der Waals surface area contributed by atoms with Gasteiger partial charge < -0.3 is 10.1 Å². The largest absolute Gasteiger partial charge is 0.379 e. The zero-order valence-electron chi connectivity index (χ0n) is 15.4. The fourth-order valence-electron chi connectivity index (χ4n) is 3.30. The molecule has 8 nitrogen and oxygen atoms in total. The fourth-order valence-corrected chi connectivity index (χ4v) is 3.95. The summed E-state index contributed by atoms with van der Waals surface area (Å²) in [4.78, 5) is 15.8. The second kappa shape index (κ2) is 9.05. The van der Waals surface area contributed by atoms with Gasteiger partial charge in [-0.1, -0.05) is 36.4 Å². The average molecular weight is 398 g/mol. The Morgan fingerprint density at radius 3 is 2.75 bits per heavy atom. The Kier molecular flexibility index (Phi) is 6.05. The Bertz CT molecular complexity index is 877. The molecule has 0 spiro atoms. The molecule has 4 rings (SSSR count). The average Bonchev–Trinajstić information content (AvgIpc) is 3.41. The summed E-state index contributed by atoms with van der Waals surface area (Å²) in [5, 5.41) is 17.1. The maximum absolute atomic E-state index is 12.4. The quantitative estimate of drug-likeness (QED) is 0.649. The molecule has 1 fully saturated rings. The number of carbonyl (C=O) groups excluding carboxylic acids is 1. The molecule has 0 aliphatic carbocycles. The zero-order valence-corrected chi connectivity index (χ0v) is 16.2. The molecule has 0 saturated carbocycles. The highest BCUT2D eigenvalue weighted by Crippen LogP contribution is 2.27. The third-order valence-corrected chi connectivity index (χ3v) is 5.54. The molecular weight excluding hydrogens is 376 g/mol. The van der Waals surface area contributed by atoms with Gasteiger partial charge in [-0.05, 0) is 27.4 Å². The monoisotopic (exact) mass is 398 g/mol. The number of benzene rings is 1. The molecule has 1 aromatic carbocycles. The maximum atomic E-state index is 12.4. The van der Waals surface area contributed by atoms with E-state index in [-0.39, 0.29) is 18.5 Å². The lowest BCUT2D eigenvalue weighted by atomic mass is 10.0. The number of hydrogen-bond donors (Lipinski definition) is 1. The normalized spacial score (nSPS) is 16.0. The Morgan fingerprint density at radius 2 is 2.00 bits per heavy atom. The van der Waals surface area contributed by atoms with E-state index < -0.39 is 0 Å². The van der Waals surface area contributed by atoms with Crippen molar-refractivity contribution < 1.29 is 9.53 Å². The molecule has 1 atom stereocenters. The summed E-state index contributed by atoms with van der Waals surface area (Å²) >= 11 is 1.62. The first-order chi connectivity index (χ1) is 13.8. The summed E-state index contributed by atoms with van der Waals surface area (Å²) in [6.45, 7) is 3.52. The number of hydrogen-bond acceptors (Lipinski definition) is 7. The highest BCUT2D eigenvalue weighted by atomic mass is 32.1. The third kappa shape index (κ3) is 4.44. The van der Waals surface area contributed by atoms with Gasteiger partial charge in [0.2, 0.25) is 5.91 Å². The fraction of sp³-hybridized carbons (Fsp3) is 0.368. The van der Waals surface area contributed by atoms with Gasteiger partial charge in [-0.25, -0.2) is 4.68 Å². The number of nitrogens with one attached hydrogen (secondary N) is 1. The zero-order chi connectivity index (χ0) is 19.2. The van der Waals surface area contributed by atoms with Crippen LogP contribution in [-0.4, -0.2) is 57.3 Å². The lowest BCUT2D eigenvalue weighted by Gasteiger charge is -2.33. The van der Waals surface area contributed by atoms with E-state index >= 15 is 0 Å². The lowest BCUT2D eigenvalue weighted by Crippen LogP contribution is -2.41. The van der Waals surface area contributed by atoms with Gasteiger partial charge in [0.05, 0.1) is 25.8 Å². The van der Waals surface area contributed by atoms with E-state index in [0.29, 0.717) is 25.6 Å². The maximum Gasteiger partial charge on any atom is 0.242 e. The summed E-state index contributed by atoms with van der Waals surface area (Å²) in [6.07, 6.45) is 0. The van der Waals surface area contributed by atoms with Gasteiger partial charge in [0, 0.05) is 18.0 Å². The summed E-state index contributed by atoms with van der Waals surface area (Å²) in [5.74, 6) is 0.551. The van der Waals surface area contributed by atoms with E-state index in [9.17, 15) is 4.79 Å². The number of tetrazole rings is 1. The van der Waals surface area contributed by atoms with Crippen LogP contribution in [-0.2, 0) is 22.6 Å². The number of amides is 1. The van der Waals surface area contributed by atoms with Crippen LogP contribution in [0.2, 0.25) is 0 Å². The molecule has 28 heavy (non-hydrogen) atoms. The van der Waals surface area contributed by atoms with Crippen LogP contribution in [0.25, 0.3) is 0 Å². The second-order valence-electron chi connectivity index (χ2n) is 6.51. The number of thiophene rings is 1. The van der Waals surface area contributed by atoms with Gasteiger partial charge >= 0.3 is 0 Å². The summed E-state index contributed by atoms with van der Waals surface area (Å²) in [6, 6.07) is 14.0. The van der Waals surface area contributed by atoms with Crippen LogP contribution in [0, 0.1) is 0 Å². The van der Waals surface area contributed by atoms with Crippen molar-refractivity contribution in [3.63, 3.8) is 0 Å². The molecule has 146 valence electrons. The molecule has 1 aliphatic rings. The van der Waals surface area contributed by atoms with Crippen molar-refractivity contribution in [2.24, 2.45) is 0 Å². The van der Waals surface area contributed by atoms with Crippen LogP contribution in [0.15, 0.2) is 47.8 Å². The smallest absolute Gasteiger partial charge is 0.242 e. The van der Waals surface area contributed by atoms with E-state index in [4.69, 9.17) is 4.74 Å². The minimum atomic E-state index is -0.120. The number of morpholine rings is 1. The van der Waals surface area contributed by atoms with Crippen LogP contribution < -0.4 is 5.32 Å². The van der Waals surface area contributed by atoms with Crippen molar-refractivity contribution in [2.75, 3.05) is 26.3 Å². The van der Waals surface area contributed by atoms with Crippen molar-refractivity contribution in [2.45, 2.75) is 19.1 Å². The first-order valence-electron chi connectivity index (χ1n) is 9.23. The molecule has 0 bridgehead atoms. The van der Waals surface area contributed by atoms with Crippen LogP contribution in [0.5, 0.6) is 0 Å². The molecule has 9 heteroatoms. The number of rotatable bonds is 7. The number of ether oxygens (including phenoxy) is 1. The summed E-state index contributed by atoms with van der Waals surface area (Å²) in [7, 11) is 0. The summed E-state index contributed by atoms with van der Waals surface area (Å²) < 4.78 is 7.10. The van der Waals surface area contributed by atoms with Crippen LogP contribution >= 0.6 is 11.3 Å². The van der Waals surface area contributed by atoms with Crippen molar-refractivity contribution >= 4 is 17.2 Å². The molecule has 1 unspecified atom stereocenters. The third-order valence-electron chi connectivity index (χ3n) is 4.66.